The molecule has 1 aliphatic rings. The molecule has 0 spiro atoms. The Kier molecular flexibility index (Phi) is 7.53. The number of likely N-dealkylation sites (tertiary alicyclic amines) is 1. The van der Waals surface area contributed by atoms with Crippen LogP contribution in [0.25, 0.3) is 0 Å². The lowest BCUT2D eigenvalue weighted by Gasteiger charge is -2.18. The van der Waals surface area contributed by atoms with Crippen molar-refractivity contribution in [3.63, 3.8) is 0 Å². The highest BCUT2D eigenvalue weighted by molar-refractivity contribution is 6.03. The van der Waals surface area contributed by atoms with Gasteiger partial charge in [0, 0.05) is 26.7 Å². The zero-order valence-electron chi connectivity index (χ0n) is 14.4. The average molecular weight is 301 g/mol. The van der Waals surface area contributed by atoms with E-state index in [1.54, 1.807) is 20.9 Å². The number of ketones is 1. The Morgan fingerprint density at radius 2 is 2.14 bits per heavy atom. The number of hydrogen-bond acceptors (Lipinski definition) is 5. The number of aliphatic hydroxyl groups is 1. The van der Waals surface area contributed by atoms with Gasteiger partial charge in [0.15, 0.2) is 5.78 Å². The van der Waals surface area contributed by atoms with Crippen molar-refractivity contribution in [2.24, 2.45) is 5.92 Å². The fourth-order valence-electron chi connectivity index (χ4n) is 2.48. The number of aliphatic hydroxyl groups excluding tert-OH is 1. The van der Waals surface area contributed by atoms with Crippen LogP contribution in [0.3, 0.4) is 0 Å². The molecule has 0 bridgehead atoms. The standard InChI is InChI=1S/C14H24N2O4.CH4/c1-9-8-12(19)16(14(9)20)7-5-4-6-11(18)13(15-3)10(2)17;/h9-10,13,15,17H,4-8H2,1-3H3;1H4/t9-,10+,13-;/m0./s1/i;1D. The van der Waals surface area contributed by atoms with E-state index in [1.165, 1.54) is 12.3 Å². The largest absolute Gasteiger partial charge is 0.391 e. The predicted octanol–water partition coefficient (Wildman–Crippen LogP) is 0.726. The lowest BCUT2D eigenvalue weighted by molar-refractivity contribution is -0.139. The monoisotopic (exact) mass is 301 g/mol. The van der Waals surface area contributed by atoms with Crippen molar-refractivity contribution in [2.45, 2.75) is 59.1 Å². The highest BCUT2D eigenvalue weighted by Gasteiger charge is 2.34. The molecule has 6 heteroatoms. The third-order valence-electron chi connectivity index (χ3n) is 3.66. The first kappa shape index (κ1) is 17.8. The van der Waals surface area contributed by atoms with Crippen LogP contribution in [0.2, 0.25) is 0 Å². The summed E-state index contributed by atoms with van der Waals surface area (Å²) >= 11 is 0. The van der Waals surface area contributed by atoms with E-state index in [4.69, 9.17) is 1.37 Å². The molecule has 0 aromatic rings. The summed E-state index contributed by atoms with van der Waals surface area (Å²) in [6.07, 6.45) is 1.13. The fourth-order valence-corrected chi connectivity index (χ4v) is 2.48. The molecule has 1 fully saturated rings. The maximum atomic E-state index is 11.8. The predicted molar refractivity (Wildman–Crippen MR) is 80.6 cm³/mol. The van der Waals surface area contributed by atoms with E-state index < -0.39 is 12.1 Å². The maximum absolute atomic E-state index is 11.8. The van der Waals surface area contributed by atoms with Gasteiger partial charge in [-0.2, -0.15) is 0 Å². The van der Waals surface area contributed by atoms with Gasteiger partial charge >= 0.3 is 0 Å². The van der Waals surface area contributed by atoms with Crippen molar-refractivity contribution in [1.82, 2.24) is 10.2 Å². The second-order valence-corrected chi connectivity index (χ2v) is 5.42. The highest BCUT2D eigenvalue weighted by Crippen LogP contribution is 2.19. The van der Waals surface area contributed by atoms with Crippen LogP contribution < -0.4 is 5.32 Å². The molecule has 3 atom stereocenters. The number of rotatable bonds is 8. The van der Waals surface area contributed by atoms with Gasteiger partial charge in [-0.3, -0.25) is 19.3 Å². The zero-order valence-corrected chi connectivity index (χ0v) is 13.4. The molecule has 2 amide bonds. The number of carbonyl (C=O) groups excluding carboxylic acids is 3. The van der Waals surface area contributed by atoms with Crippen LogP contribution in [0, 0.1) is 5.92 Å². The number of unbranched alkanes of at least 4 members (excludes halogenated alkanes) is 1. The van der Waals surface area contributed by atoms with Crippen LogP contribution in [-0.2, 0) is 14.4 Å². The van der Waals surface area contributed by atoms with E-state index in [1.807, 2.05) is 0 Å². The van der Waals surface area contributed by atoms with Crippen LogP contribution in [0.15, 0.2) is 0 Å². The number of Topliss-reactive ketones (excluding diaryl/α,β-unsaturated/α-hetero) is 1. The summed E-state index contributed by atoms with van der Waals surface area (Å²) < 4.78 is 5.75. The lowest BCUT2D eigenvalue weighted by Crippen LogP contribution is -2.42. The molecule has 1 heterocycles. The number of likely N-dealkylation sites (N-methyl/N-ethyl adjacent to an activating group) is 1. The molecule has 1 saturated heterocycles. The first-order valence-electron chi connectivity index (χ1n) is 8.10. The normalized spacial score (nSPS) is 21.5. The fraction of sp³-hybridized carbons (Fsp3) is 0.800. The van der Waals surface area contributed by atoms with Crippen LogP contribution >= 0.6 is 0 Å². The van der Waals surface area contributed by atoms with E-state index >= 15 is 0 Å². The third kappa shape index (κ3) is 5.21. The minimum atomic E-state index is -0.727. The van der Waals surface area contributed by atoms with Crippen molar-refractivity contribution < 1.29 is 20.9 Å². The van der Waals surface area contributed by atoms with Crippen molar-refractivity contribution in [1.29, 1.82) is 0 Å². The quantitative estimate of drug-likeness (QED) is 0.510. The summed E-state index contributed by atoms with van der Waals surface area (Å²) in [6.45, 7) is 3.71. The van der Waals surface area contributed by atoms with Gasteiger partial charge in [-0.05, 0) is 26.8 Å². The lowest BCUT2D eigenvalue weighted by atomic mass is 10.0. The van der Waals surface area contributed by atoms with Crippen LogP contribution in [0.4, 0.5) is 0 Å². The molecule has 122 valence electrons. The second kappa shape index (κ2) is 8.89. The van der Waals surface area contributed by atoms with Crippen LogP contribution in [0.1, 0.15) is 48.3 Å². The Morgan fingerprint density at radius 1 is 1.52 bits per heavy atom. The molecular formula is C15H28N2O4. The van der Waals surface area contributed by atoms with Gasteiger partial charge in [-0.15, -0.1) is 0 Å². The number of nitrogens with one attached hydrogen (secondary N) is 1. The van der Waals surface area contributed by atoms with Gasteiger partial charge in [-0.1, -0.05) is 14.3 Å². The molecule has 0 unspecified atom stereocenters. The van der Waals surface area contributed by atoms with Crippen molar-refractivity contribution >= 4 is 17.6 Å². The third-order valence-corrected chi connectivity index (χ3v) is 3.66. The number of nitrogens with zero attached hydrogens (tertiary/aromatic N) is 1. The Labute approximate surface area is 128 Å². The number of imide groups is 1. The van der Waals surface area contributed by atoms with E-state index in [2.05, 4.69) is 5.32 Å². The van der Waals surface area contributed by atoms with Crippen LogP contribution in [0.5, 0.6) is 0 Å². The van der Waals surface area contributed by atoms with Gasteiger partial charge in [0.25, 0.3) is 0 Å². The summed E-state index contributed by atoms with van der Waals surface area (Å²) in [5.74, 6) is -0.493. The van der Waals surface area contributed by atoms with Crippen molar-refractivity contribution in [3.8, 4) is 0 Å². The summed E-state index contributed by atoms with van der Waals surface area (Å²) in [7, 11) is 2.89. The molecule has 6 nitrogen and oxygen atoms in total. The Hall–Kier alpha value is -1.27. The van der Waals surface area contributed by atoms with Gasteiger partial charge in [0.1, 0.15) is 0 Å². The highest BCUT2D eigenvalue weighted by atomic mass is 16.3. The molecule has 2 N–H and O–H groups in total. The van der Waals surface area contributed by atoms with E-state index in [-0.39, 0.29) is 23.5 Å². The molecular weight excluding hydrogens is 272 g/mol. The summed E-state index contributed by atoms with van der Waals surface area (Å²) in [5.41, 5.74) is 0. The Bertz CT molecular complexity index is 388. The smallest absolute Gasteiger partial charge is 0.232 e. The molecule has 0 saturated carbocycles. The Balaban J connectivity index is 0.00000211. The number of carbonyl (C=O) groups is 3. The van der Waals surface area contributed by atoms with Crippen molar-refractivity contribution in [3.05, 3.63) is 0 Å². The summed E-state index contributed by atoms with van der Waals surface area (Å²) in [4.78, 5) is 36.4. The minimum absolute atomic E-state index is 0.0463. The van der Waals surface area contributed by atoms with E-state index in [0.717, 1.165) is 0 Å². The molecule has 0 aromatic heterocycles. The zero-order chi connectivity index (χ0) is 17.3. The molecule has 21 heavy (non-hydrogen) atoms. The summed E-state index contributed by atoms with van der Waals surface area (Å²) in [6, 6.07) is -0.551. The van der Waals surface area contributed by atoms with E-state index in [9.17, 15) is 19.5 Å². The maximum Gasteiger partial charge on any atom is 0.232 e. The van der Waals surface area contributed by atoms with Gasteiger partial charge in [0.2, 0.25) is 11.8 Å². The molecule has 0 aromatic carbocycles. The average Bonchev–Trinajstić information content (AvgIpc) is 2.71. The van der Waals surface area contributed by atoms with Gasteiger partial charge in [-0.25, -0.2) is 0 Å². The Morgan fingerprint density at radius 3 is 2.57 bits per heavy atom. The molecule has 0 radical (unpaired) electrons. The first-order chi connectivity index (χ1) is 10.4. The van der Waals surface area contributed by atoms with Crippen molar-refractivity contribution in [2.75, 3.05) is 13.6 Å². The topological polar surface area (TPSA) is 86.7 Å². The molecule has 0 aliphatic carbocycles. The van der Waals surface area contributed by atoms with Crippen LogP contribution in [-0.4, -0.2) is 53.3 Å². The first-order valence-corrected chi connectivity index (χ1v) is 7.10. The number of amides is 2. The van der Waals surface area contributed by atoms with Gasteiger partial charge < -0.3 is 10.4 Å². The van der Waals surface area contributed by atoms with E-state index in [0.29, 0.717) is 32.2 Å². The molecule has 1 rings (SSSR count). The SMILES string of the molecule is CN[C@H](C(=O)CCCCN1C(=O)C[C@H](C)C1=O)[C@@H](C)O.[2H]C. The second-order valence-electron chi connectivity index (χ2n) is 5.42. The molecule has 1 aliphatic heterocycles. The number of hydrogen-bond donors (Lipinski definition) is 2. The van der Waals surface area contributed by atoms with Gasteiger partial charge in [0.05, 0.1) is 12.1 Å². The minimum Gasteiger partial charge on any atom is -0.391 e. The summed E-state index contributed by atoms with van der Waals surface area (Å²) in [5, 5.41) is 12.2.